The lowest BCUT2D eigenvalue weighted by atomic mass is 9.94. The highest BCUT2D eigenvalue weighted by Gasteiger charge is 2.28. The quantitative estimate of drug-likeness (QED) is 0.594. The number of amides is 2. The molecule has 7 nitrogen and oxygen atoms in total. The van der Waals surface area contributed by atoms with Gasteiger partial charge in [-0.2, -0.15) is 0 Å². The van der Waals surface area contributed by atoms with E-state index in [0.29, 0.717) is 51.1 Å². The van der Waals surface area contributed by atoms with Crippen molar-refractivity contribution in [3.8, 4) is 0 Å². The molecule has 0 aliphatic carbocycles. The number of piperidine rings is 1. The second kappa shape index (κ2) is 11.2. The minimum atomic E-state index is -0.363. The Labute approximate surface area is 195 Å². The molecular weight excluding hydrogens is 418 g/mol. The summed E-state index contributed by atoms with van der Waals surface area (Å²) >= 11 is 0. The van der Waals surface area contributed by atoms with Crippen LogP contribution in [0.1, 0.15) is 72.0 Å². The largest absolute Gasteiger partial charge is 0.461 e. The smallest absolute Gasteiger partial charge is 0.355 e. The molecule has 0 saturated carbocycles. The molecule has 3 rings (SSSR count). The van der Waals surface area contributed by atoms with E-state index in [-0.39, 0.29) is 29.7 Å². The van der Waals surface area contributed by atoms with E-state index in [1.807, 2.05) is 56.0 Å². The molecule has 178 valence electrons. The molecule has 33 heavy (non-hydrogen) atoms. The lowest BCUT2D eigenvalue weighted by Gasteiger charge is -2.32. The third kappa shape index (κ3) is 6.03. The Morgan fingerprint density at radius 1 is 1.15 bits per heavy atom. The Bertz CT molecular complexity index is 975. The highest BCUT2D eigenvalue weighted by molar-refractivity contribution is 5.90. The van der Waals surface area contributed by atoms with Gasteiger partial charge in [0.05, 0.1) is 12.6 Å². The number of esters is 1. The summed E-state index contributed by atoms with van der Waals surface area (Å²) in [5, 5.41) is 3.11. The predicted molar refractivity (Wildman–Crippen MR) is 127 cm³/mol. The van der Waals surface area contributed by atoms with Crippen molar-refractivity contribution >= 4 is 17.8 Å². The highest BCUT2D eigenvalue weighted by Crippen LogP contribution is 2.23. The van der Waals surface area contributed by atoms with E-state index in [0.717, 1.165) is 22.4 Å². The molecule has 1 aliphatic heterocycles. The maximum atomic E-state index is 12.8. The number of rotatable bonds is 8. The van der Waals surface area contributed by atoms with Gasteiger partial charge in [-0.3, -0.25) is 9.59 Å². The van der Waals surface area contributed by atoms with Crippen LogP contribution < -0.4 is 5.32 Å². The van der Waals surface area contributed by atoms with Crippen molar-refractivity contribution in [3.05, 3.63) is 58.4 Å². The zero-order valence-corrected chi connectivity index (χ0v) is 20.1. The average Bonchev–Trinajstić information content (AvgIpc) is 3.11. The minimum Gasteiger partial charge on any atom is -0.461 e. The topological polar surface area (TPSA) is 91.5 Å². The molecular formula is C26H35N3O4. The summed E-state index contributed by atoms with van der Waals surface area (Å²) in [6.45, 7) is 9.07. The summed E-state index contributed by atoms with van der Waals surface area (Å²) in [6.07, 6.45) is 2.30. The zero-order valence-electron chi connectivity index (χ0n) is 20.1. The van der Waals surface area contributed by atoms with Gasteiger partial charge in [0.25, 0.3) is 0 Å². The SMILES string of the molecule is CCOC(=O)c1[nH]c(C)c(CCC(=O)N2CCC(C(=O)N[C@H](C)c3ccccc3)CC2)c1C. The van der Waals surface area contributed by atoms with Crippen molar-refractivity contribution in [2.45, 2.75) is 59.4 Å². The van der Waals surface area contributed by atoms with Crippen LogP contribution in [0.2, 0.25) is 0 Å². The molecule has 2 aromatic rings. The van der Waals surface area contributed by atoms with Crippen LogP contribution in [-0.4, -0.2) is 47.4 Å². The summed E-state index contributed by atoms with van der Waals surface area (Å²) in [5.74, 6) is -0.285. The number of aromatic nitrogens is 1. The second-order valence-corrected chi connectivity index (χ2v) is 8.75. The van der Waals surface area contributed by atoms with E-state index in [1.165, 1.54) is 0 Å². The first kappa shape index (κ1) is 24.6. The van der Waals surface area contributed by atoms with E-state index in [4.69, 9.17) is 4.74 Å². The first-order valence-corrected chi connectivity index (χ1v) is 11.8. The number of carbonyl (C=O) groups excluding carboxylic acids is 3. The van der Waals surface area contributed by atoms with Crippen LogP contribution >= 0.6 is 0 Å². The van der Waals surface area contributed by atoms with Gasteiger partial charge >= 0.3 is 5.97 Å². The van der Waals surface area contributed by atoms with Crippen LogP contribution in [-0.2, 0) is 20.7 Å². The molecule has 1 atom stereocenters. The number of nitrogens with zero attached hydrogens (tertiary/aromatic N) is 1. The average molecular weight is 454 g/mol. The van der Waals surface area contributed by atoms with Crippen LogP contribution in [0.25, 0.3) is 0 Å². The molecule has 1 fully saturated rings. The molecule has 0 radical (unpaired) electrons. The van der Waals surface area contributed by atoms with E-state index in [2.05, 4.69) is 10.3 Å². The summed E-state index contributed by atoms with van der Waals surface area (Å²) < 4.78 is 5.10. The Kier molecular flexibility index (Phi) is 8.31. The van der Waals surface area contributed by atoms with Crippen molar-refractivity contribution in [2.75, 3.05) is 19.7 Å². The number of hydrogen-bond donors (Lipinski definition) is 2. The summed E-state index contributed by atoms with van der Waals surface area (Å²) in [7, 11) is 0. The van der Waals surface area contributed by atoms with Crippen molar-refractivity contribution in [1.29, 1.82) is 0 Å². The Hall–Kier alpha value is -3.09. The number of ether oxygens (including phenoxy) is 1. The molecule has 7 heteroatoms. The lowest BCUT2D eigenvalue weighted by Crippen LogP contribution is -2.43. The molecule has 0 spiro atoms. The third-order valence-electron chi connectivity index (χ3n) is 6.54. The van der Waals surface area contributed by atoms with E-state index in [1.54, 1.807) is 6.92 Å². The van der Waals surface area contributed by atoms with Gasteiger partial charge in [-0.15, -0.1) is 0 Å². The van der Waals surface area contributed by atoms with Crippen LogP contribution in [0.3, 0.4) is 0 Å². The molecule has 2 amide bonds. The number of benzene rings is 1. The van der Waals surface area contributed by atoms with Gasteiger partial charge in [0, 0.05) is 31.1 Å². The second-order valence-electron chi connectivity index (χ2n) is 8.75. The summed E-state index contributed by atoms with van der Waals surface area (Å²) in [6, 6.07) is 9.88. The maximum absolute atomic E-state index is 12.8. The fraction of sp³-hybridized carbons (Fsp3) is 0.500. The van der Waals surface area contributed by atoms with Crippen molar-refractivity contribution in [2.24, 2.45) is 5.92 Å². The number of aromatic amines is 1. The maximum Gasteiger partial charge on any atom is 0.355 e. The first-order valence-electron chi connectivity index (χ1n) is 11.8. The molecule has 2 N–H and O–H groups in total. The van der Waals surface area contributed by atoms with Crippen molar-refractivity contribution in [1.82, 2.24) is 15.2 Å². The summed E-state index contributed by atoms with van der Waals surface area (Å²) in [4.78, 5) is 42.5. The van der Waals surface area contributed by atoms with Crippen LogP contribution in [0.15, 0.2) is 30.3 Å². The van der Waals surface area contributed by atoms with E-state index < -0.39 is 0 Å². The standard InChI is InChI=1S/C26H35N3O4/c1-5-33-26(32)24-17(2)22(19(4)27-24)11-12-23(30)29-15-13-21(14-16-29)25(31)28-18(3)20-9-7-6-8-10-20/h6-10,18,21,27H,5,11-16H2,1-4H3,(H,28,31)/t18-/m1/s1. The zero-order chi connectivity index (χ0) is 24.0. The predicted octanol–water partition coefficient (Wildman–Crippen LogP) is 3.86. The number of aryl methyl sites for hydroxylation is 1. The molecule has 1 saturated heterocycles. The Morgan fingerprint density at radius 2 is 1.82 bits per heavy atom. The molecule has 0 unspecified atom stereocenters. The number of carbonyl (C=O) groups is 3. The van der Waals surface area contributed by atoms with Crippen LogP contribution in [0.4, 0.5) is 0 Å². The van der Waals surface area contributed by atoms with E-state index in [9.17, 15) is 14.4 Å². The van der Waals surface area contributed by atoms with Crippen LogP contribution in [0, 0.1) is 19.8 Å². The first-order chi connectivity index (χ1) is 15.8. The van der Waals surface area contributed by atoms with Gasteiger partial charge in [-0.05, 0) is 63.6 Å². The van der Waals surface area contributed by atoms with Gasteiger partial charge in [0.1, 0.15) is 5.69 Å². The third-order valence-corrected chi connectivity index (χ3v) is 6.54. The van der Waals surface area contributed by atoms with Gasteiger partial charge in [-0.1, -0.05) is 30.3 Å². The van der Waals surface area contributed by atoms with E-state index >= 15 is 0 Å². The Balaban J connectivity index is 1.48. The monoisotopic (exact) mass is 453 g/mol. The number of hydrogen-bond acceptors (Lipinski definition) is 4. The minimum absolute atomic E-state index is 0.0364. The van der Waals surface area contributed by atoms with Gasteiger partial charge < -0.3 is 19.9 Å². The normalized spacial score (nSPS) is 15.2. The molecule has 2 heterocycles. The van der Waals surface area contributed by atoms with Crippen molar-refractivity contribution < 1.29 is 19.1 Å². The molecule has 1 aliphatic rings. The number of likely N-dealkylation sites (tertiary alicyclic amines) is 1. The number of nitrogens with one attached hydrogen (secondary N) is 2. The van der Waals surface area contributed by atoms with Gasteiger partial charge in [0.2, 0.25) is 11.8 Å². The highest BCUT2D eigenvalue weighted by atomic mass is 16.5. The molecule has 1 aromatic heterocycles. The lowest BCUT2D eigenvalue weighted by molar-refractivity contribution is -0.135. The summed E-state index contributed by atoms with van der Waals surface area (Å²) in [5.41, 5.74) is 4.29. The fourth-order valence-electron chi connectivity index (χ4n) is 4.51. The van der Waals surface area contributed by atoms with Crippen LogP contribution in [0.5, 0.6) is 0 Å². The molecule has 0 bridgehead atoms. The van der Waals surface area contributed by atoms with Crippen molar-refractivity contribution in [3.63, 3.8) is 0 Å². The fourth-order valence-corrected chi connectivity index (χ4v) is 4.51. The number of H-pyrrole nitrogens is 1. The van der Waals surface area contributed by atoms with Gasteiger partial charge in [-0.25, -0.2) is 4.79 Å². The molecule has 1 aromatic carbocycles. The van der Waals surface area contributed by atoms with Gasteiger partial charge in [0.15, 0.2) is 0 Å². The Morgan fingerprint density at radius 3 is 2.45 bits per heavy atom.